The van der Waals surface area contributed by atoms with Gasteiger partial charge in [-0.2, -0.15) is 5.11 Å². The second kappa shape index (κ2) is 15.8. The van der Waals surface area contributed by atoms with Crippen LogP contribution in [-0.2, 0) is 27.5 Å². The number of nitrogens with two attached hydrogens (primary N) is 1. The maximum absolute atomic E-state index is 12.7. The van der Waals surface area contributed by atoms with Crippen LogP contribution in [0.5, 0.6) is 5.75 Å². The Morgan fingerprint density at radius 3 is 2.33 bits per heavy atom. The summed E-state index contributed by atoms with van der Waals surface area (Å²) >= 11 is 0. The molecule has 0 saturated heterocycles. The molecule has 42 heavy (non-hydrogen) atoms. The fourth-order valence-electron chi connectivity index (χ4n) is 3.35. The van der Waals surface area contributed by atoms with Gasteiger partial charge in [-0.25, -0.2) is 10.3 Å². The number of benzene rings is 2. The summed E-state index contributed by atoms with van der Waals surface area (Å²) in [6, 6.07) is 12.1. The molecule has 2 rings (SSSR count). The van der Waals surface area contributed by atoms with Crippen LogP contribution in [0.2, 0.25) is 18.1 Å². The van der Waals surface area contributed by atoms with Gasteiger partial charge in [-0.1, -0.05) is 39.8 Å². The lowest BCUT2D eigenvalue weighted by molar-refractivity contribution is -0.588. The SMILES string of the molecule is CCC[NH2+]/C=C(/CNC(=O)c1ccc(NC(=O)OCc2ccc(O[Si](C)(C)C(C)(C)C)cc2)c(COC(C)=O)c1)N=N. The highest BCUT2D eigenvalue weighted by molar-refractivity contribution is 6.74. The topological polar surface area (TPSA) is 156 Å². The van der Waals surface area contributed by atoms with Crippen LogP contribution >= 0.6 is 0 Å². The number of carbonyl (C=O) groups excluding carboxylic acids is 3. The molecule has 0 atom stereocenters. The molecule has 2 aromatic carbocycles. The Bertz CT molecular complexity index is 1270. The number of nitrogens with one attached hydrogen (secondary N) is 3. The standard InChI is InChI=1S/C30H43N5O6Si/c1-8-15-32-17-25(35-31)18-33-28(37)23-11-14-27(24(16-23)20-39-21(2)36)34-29(38)40-19-22-9-12-26(13-10-22)41-42(6,7)30(3,4)5/h9-14,16-17,31-32H,8,15,18-20H2,1-7H3,(H,33,37)(H,34,38)/p+1/b25-17-,35-31?. The molecular weight excluding hydrogens is 554 g/mol. The lowest BCUT2D eigenvalue weighted by Crippen LogP contribution is -2.78. The molecule has 5 N–H and O–H groups in total. The van der Waals surface area contributed by atoms with Crippen LogP contribution in [0.4, 0.5) is 10.5 Å². The molecule has 0 heterocycles. The highest BCUT2D eigenvalue weighted by atomic mass is 28.4. The summed E-state index contributed by atoms with van der Waals surface area (Å²) in [7, 11) is -1.96. The van der Waals surface area contributed by atoms with Gasteiger partial charge in [0.15, 0.2) is 0 Å². The average molecular weight is 599 g/mol. The van der Waals surface area contributed by atoms with Crippen LogP contribution in [0, 0.1) is 5.53 Å². The number of hydrogen-bond acceptors (Lipinski definition) is 8. The minimum atomic E-state index is -1.96. The number of amides is 2. The molecule has 11 nitrogen and oxygen atoms in total. The van der Waals surface area contributed by atoms with Gasteiger partial charge in [0.1, 0.15) is 30.9 Å². The lowest BCUT2D eigenvalue weighted by Gasteiger charge is -2.36. The van der Waals surface area contributed by atoms with E-state index in [1.165, 1.54) is 19.1 Å². The number of quaternary nitrogens is 1. The van der Waals surface area contributed by atoms with Crippen molar-refractivity contribution in [2.45, 2.75) is 72.4 Å². The molecule has 0 fully saturated rings. The molecule has 0 aromatic heterocycles. The van der Waals surface area contributed by atoms with Gasteiger partial charge >= 0.3 is 12.1 Å². The third kappa shape index (κ3) is 11.1. The molecule has 0 aliphatic heterocycles. The van der Waals surface area contributed by atoms with Gasteiger partial charge in [-0.05, 0) is 60.4 Å². The van der Waals surface area contributed by atoms with Crippen molar-refractivity contribution in [3.8, 4) is 5.75 Å². The summed E-state index contributed by atoms with van der Waals surface area (Å²) in [5, 5.41) is 10.8. The van der Waals surface area contributed by atoms with Crippen molar-refractivity contribution in [3.63, 3.8) is 0 Å². The normalized spacial score (nSPS) is 11.8. The van der Waals surface area contributed by atoms with E-state index >= 15 is 0 Å². The van der Waals surface area contributed by atoms with E-state index in [0.717, 1.165) is 24.3 Å². The minimum Gasteiger partial charge on any atom is -0.544 e. The van der Waals surface area contributed by atoms with Gasteiger partial charge < -0.3 is 24.5 Å². The number of anilines is 1. The number of hydrogen-bond donors (Lipinski definition) is 4. The molecule has 2 amide bonds. The van der Waals surface area contributed by atoms with Crippen LogP contribution in [-0.4, -0.2) is 39.4 Å². The van der Waals surface area contributed by atoms with Crippen molar-refractivity contribution < 1.29 is 33.6 Å². The zero-order valence-electron chi connectivity index (χ0n) is 25.6. The first-order valence-electron chi connectivity index (χ1n) is 13.9. The van der Waals surface area contributed by atoms with E-state index in [1.807, 2.05) is 36.5 Å². The van der Waals surface area contributed by atoms with E-state index in [2.05, 4.69) is 49.6 Å². The Hall–Kier alpha value is -4.03. The Morgan fingerprint density at radius 2 is 1.74 bits per heavy atom. The first-order valence-corrected chi connectivity index (χ1v) is 16.8. The predicted molar refractivity (Wildman–Crippen MR) is 163 cm³/mol. The van der Waals surface area contributed by atoms with Crippen molar-refractivity contribution in [3.05, 3.63) is 71.1 Å². The van der Waals surface area contributed by atoms with Gasteiger partial charge in [-0.15, -0.1) is 0 Å². The van der Waals surface area contributed by atoms with E-state index in [-0.39, 0.29) is 30.4 Å². The maximum atomic E-state index is 12.7. The number of rotatable bonds is 14. The zero-order valence-corrected chi connectivity index (χ0v) is 26.6. The molecule has 0 radical (unpaired) electrons. The number of carbonyl (C=O) groups is 3. The average Bonchev–Trinajstić information content (AvgIpc) is 2.93. The van der Waals surface area contributed by atoms with Crippen LogP contribution in [0.15, 0.2) is 59.5 Å². The van der Waals surface area contributed by atoms with E-state index in [9.17, 15) is 14.4 Å². The lowest BCUT2D eigenvalue weighted by atomic mass is 10.1. The van der Waals surface area contributed by atoms with Crippen molar-refractivity contribution in [2.75, 3.05) is 18.4 Å². The zero-order chi connectivity index (χ0) is 31.3. The van der Waals surface area contributed by atoms with Crippen molar-refractivity contribution >= 4 is 32.0 Å². The summed E-state index contributed by atoms with van der Waals surface area (Å²) in [4.78, 5) is 36.8. The first kappa shape index (κ1) is 34.2. The van der Waals surface area contributed by atoms with Crippen LogP contribution in [0.3, 0.4) is 0 Å². The monoisotopic (exact) mass is 598 g/mol. The van der Waals surface area contributed by atoms with Crippen LogP contribution < -0.4 is 20.4 Å². The first-order chi connectivity index (χ1) is 19.8. The van der Waals surface area contributed by atoms with Crippen molar-refractivity contribution in [2.24, 2.45) is 5.11 Å². The summed E-state index contributed by atoms with van der Waals surface area (Å²) in [5.74, 6) is -0.126. The molecule has 12 heteroatoms. The summed E-state index contributed by atoms with van der Waals surface area (Å²) < 4.78 is 16.8. The predicted octanol–water partition coefficient (Wildman–Crippen LogP) is 5.46. The Balaban J connectivity index is 2.04. The minimum absolute atomic E-state index is 0.0402. The van der Waals surface area contributed by atoms with E-state index in [1.54, 1.807) is 12.3 Å². The summed E-state index contributed by atoms with van der Waals surface area (Å²) in [6.45, 7) is 15.0. The number of ether oxygens (including phenoxy) is 2. The highest BCUT2D eigenvalue weighted by Crippen LogP contribution is 2.37. The third-order valence-corrected chi connectivity index (χ3v) is 11.2. The van der Waals surface area contributed by atoms with Gasteiger partial charge in [0.2, 0.25) is 8.32 Å². The van der Waals surface area contributed by atoms with E-state index < -0.39 is 26.3 Å². The summed E-state index contributed by atoms with van der Waals surface area (Å²) in [5.41, 5.74) is 9.55. The highest BCUT2D eigenvalue weighted by Gasteiger charge is 2.38. The van der Waals surface area contributed by atoms with Gasteiger partial charge in [0, 0.05) is 18.1 Å². The largest absolute Gasteiger partial charge is 0.544 e. The number of nitrogens with zero attached hydrogens (tertiary/aromatic N) is 1. The van der Waals surface area contributed by atoms with Gasteiger partial charge in [0.25, 0.3) is 5.91 Å². The Kier molecular flexibility index (Phi) is 12.9. The van der Waals surface area contributed by atoms with Crippen LogP contribution in [0.25, 0.3) is 0 Å². The summed E-state index contributed by atoms with van der Waals surface area (Å²) in [6.07, 6.45) is 1.97. The van der Waals surface area contributed by atoms with Gasteiger partial charge in [-0.3, -0.25) is 14.9 Å². The fourth-order valence-corrected chi connectivity index (χ4v) is 4.38. The molecule has 0 bridgehead atoms. The van der Waals surface area contributed by atoms with Crippen LogP contribution in [0.1, 0.15) is 62.5 Å². The molecule has 0 aliphatic carbocycles. The second-order valence-electron chi connectivity index (χ2n) is 11.3. The molecule has 2 aromatic rings. The fraction of sp³-hybridized carbons (Fsp3) is 0.433. The molecular formula is C30H44N5O6Si+. The van der Waals surface area contributed by atoms with E-state index in [0.29, 0.717) is 16.9 Å². The van der Waals surface area contributed by atoms with E-state index in [4.69, 9.17) is 19.4 Å². The van der Waals surface area contributed by atoms with Gasteiger partial charge in [0.05, 0.1) is 18.8 Å². The number of esters is 1. The van der Waals surface area contributed by atoms with Crippen molar-refractivity contribution in [1.82, 2.24) is 5.32 Å². The molecule has 228 valence electrons. The smallest absolute Gasteiger partial charge is 0.411 e. The molecule has 0 aliphatic rings. The Labute approximate surface area is 249 Å². The Morgan fingerprint density at radius 1 is 1.05 bits per heavy atom. The molecule has 0 saturated carbocycles. The second-order valence-corrected chi connectivity index (χ2v) is 16.1. The maximum Gasteiger partial charge on any atom is 0.411 e. The third-order valence-electron chi connectivity index (χ3n) is 6.85. The quantitative estimate of drug-likeness (QED) is 0.0980. The molecule has 0 unspecified atom stereocenters. The van der Waals surface area contributed by atoms with Crippen molar-refractivity contribution in [1.29, 1.82) is 5.53 Å². The molecule has 0 spiro atoms.